The Morgan fingerprint density at radius 3 is 2.80 bits per heavy atom. The second-order valence-electron chi connectivity index (χ2n) is 3.29. The quantitative estimate of drug-likeness (QED) is 0.326. The first-order chi connectivity index (χ1) is 7.06. The van der Waals surface area contributed by atoms with Crippen LogP contribution in [-0.2, 0) is 11.8 Å². The largest absolute Gasteiger partial charge is 0.294 e. The Labute approximate surface area is 92.6 Å². The van der Waals surface area contributed by atoms with Crippen LogP contribution in [0.2, 0.25) is 0 Å². The van der Waals surface area contributed by atoms with Gasteiger partial charge in [0.2, 0.25) is 5.91 Å². The van der Waals surface area contributed by atoms with Crippen LogP contribution in [0, 0.1) is 5.92 Å². The standard InChI is InChI=1S/C8H15N5OS/c1-5(7(14)12-9)6(2)15-8-10-4-11-13(8)3/h4-6H,9H2,1-3H3,(H,12,14). The van der Waals surface area contributed by atoms with Gasteiger partial charge in [-0.25, -0.2) is 15.5 Å². The third-order valence-corrected chi connectivity index (χ3v) is 3.58. The topological polar surface area (TPSA) is 85.8 Å². The number of carbonyl (C=O) groups excluding carboxylic acids is 1. The Hall–Kier alpha value is -1.08. The lowest BCUT2D eigenvalue weighted by atomic mass is 10.1. The molecule has 2 atom stereocenters. The van der Waals surface area contributed by atoms with Gasteiger partial charge in [-0.15, -0.1) is 0 Å². The number of nitrogens with zero attached hydrogens (tertiary/aromatic N) is 3. The summed E-state index contributed by atoms with van der Waals surface area (Å²) in [5, 5.41) is 4.84. The van der Waals surface area contributed by atoms with E-state index in [-0.39, 0.29) is 17.1 Å². The molecule has 1 aromatic heterocycles. The number of aryl methyl sites for hydroxylation is 1. The van der Waals surface area contributed by atoms with Gasteiger partial charge in [-0.3, -0.25) is 10.2 Å². The van der Waals surface area contributed by atoms with Crippen molar-refractivity contribution in [3.8, 4) is 0 Å². The predicted molar refractivity (Wildman–Crippen MR) is 57.8 cm³/mol. The number of thioether (sulfide) groups is 1. The molecule has 0 spiro atoms. The smallest absolute Gasteiger partial charge is 0.237 e. The molecule has 0 aliphatic rings. The maximum absolute atomic E-state index is 11.3. The molecule has 6 nitrogen and oxygen atoms in total. The Bertz CT molecular complexity index is 340. The van der Waals surface area contributed by atoms with Crippen molar-refractivity contribution in [2.45, 2.75) is 24.3 Å². The highest BCUT2D eigenvalue weighted by Crippen LogP contribution is 2.25. The van der Waals surface area contributed by atoms with E-state index in [4.69, 9.17) is 5.84 Å². The fraction of sp³-hybridized carbons (Fsp3) is 0.625. The molecule has 7 heteroatoms. The molecule has 1 heterocycles. The van der Waals surface area contributed by atoms with Crippen molar-refractivity contribution >= 4 is 17.7 Å². The van der Waals surface area contributed by atoms with Gasteiger partial charge in [-0.1, -0.05) is 25.6 Å². The Morgan fingerprint density at radius 1 is 1.67 bits per heavy atom. The zero-order valence-corrected chi connectivity index (χ0v) is 9.78. The molecule has 84 valence electrons. The average molecular weight is 229 g/mol. The van der Waals surface area contributed by atoms with Crippen molar-refractivity contribution in [1.29, 1.82) is 0 Å². The van der Waals surface area contributed by atoms with E-state index in [2.05, 4.69) is 15.5 Å². The Balaban J connectivity index is 2.59. The highest BCUT2D eigenvalue weighted by Gasteiger charge is 2.21. The summed E-state index contributed by atoms with van der Waals surface area (Å²) in [6.07, 6.45) is 1.49. The zero-order chi connectivity index (χ0) is 11.4. The maximum atomic E-state index is 11.3. The second-order valence-corrected chi connectivity index (χ2v) is 4.63. The molecule has 0 bridgehead atoms. The molecule has 0 aliphatic heterocycles. The van der Waals surface area contributed by atoms with Crippen molar-refractivity contribution < 1.29 is 4.79 Å². The Kier molecular flexibility index (Phi) is 4.10. The Morgan fingerprint density at radius 2 is 2.33 bits per heavy atom. The molecular formula is C8H15N5OS. The number of nitrogens with one attached hydrogen (secondary N) is 1. The van der Waals surface area contributed by atoms with Gasteiger partial charge in [0.15, 0.2) is 5.16 Å². The van der Waals surface area contributed by atoms with Crippen LogP contribution in [0.25, 0.3) is 0 Å². The molecule has 15 heavy (non-hydrogen) atoms. The van der Waals surface area contributed by atoms with E-state index < -0.39 is 0 Å². The van der Waals surface area contributed by atoms with E-state index >= 15 is 0 Å². The molecule has 3 N–H and O–H groups in total. The number of hydrazine groups is 1. The third-order valence-electron chi connectivity index (χ3n) is 2.22. The third kappa shape index (κ3) is 2.93. The highest BCUT2D eigenvalue weighted by atomic mass is 32.2. The van der Waals surface area contributed by atoms with Crippen LogP contribution >= 0.6 is 11.8 Å². The summed E-state index contributed by atoms with van der Waals surface area (Å²) in [4.78, 5) is 15.3. The van der Waals surface area contributed by atoms with Crippen LogP contribution in [0.4, 0.5) is 0 Å². The highest BCUT2D eigenvalue weighted by molar-refractivity contribution is 7.99. The number of carbonyl (C=O) groups is 1. The van der Waals surface area contributed by atoms with Gasteiger partial charge >= 0.3 is 0 Å². The normalized spacial score (nSPS) is 14.7. The molecule has 0 aromatic carbocycles. The molecule has 0 aliphatic carbocycles. The molecule has 2 unspecified atom stereocenters. The summed E-state index contributed by atoms with van der Waals surface area (Å²) in [7, 11) is 1.82. The summed E-state index contributed by atoms with van der Waals surface area (Å²) < 4.78 is 1.67. The summed E-state index contributed by atoms with van der Waals surface area (Å²) in [6.45, 7) is 3.79. The fourth-order valence-electron chi connectivity index (χ4n) is 1.01. The minimum Gasteiger partial charge on any atom is -0.294 e. The van der Waals surface area contributed by atoms with Gasteiger partial charge in [-0.2, -0.15) is 5.10 Å². The van der Waals surface area contributed by atoms with Crippen molar-refractivity contribution in [2.24, 2.45) is 18.8 Å². The summed E-state index contributed by atoms with van der Waals surface area (Å²) in [5.74, 6) is 4.73. The van der Waals surface area contributed by atoms with Crippen LogP contribution in [0.3, 0.4) is 0 Å². The van der Waals surface area contributed by atoms with Crippen LogP contribution in [0.5, 0.6) is 0 Å². The lowest BCUT2D eigenvalue weighted by molar-refractivity contribution is -0.124. The maximum Gasteiger partial charge on any atom is 0.237 e. The summed E-state index contributed by atoms with van der Waals surface area (Å²) in [5.41, 5.74) is 2.14. The number of amides is 1. The van der Waals surface area contributed by atoms with E-state index in [9.17, 15) is 4.79 Å². The van der Waals surface area contributed by atoms with E-state index in [0.717, 1.165) is 5.16 Å². The molecule has 0 saturated carbocycles. The number of aromatic nitrogens is 3. The first-order valence-corrected chi connectivity index (χ1v) is 5.45. The molecular weight excluding hydrogens is 214 g/mol. The van der Waals surface area contributed by atoms with Crippen LogP contribution in [0.15, 0.2) is 11.5 Å². The number of rotatable bonds is 4. The number of hydrogen-bond acceptors (Lipinski definition) is 5. The first kappa shape index (κ1) is 12.0. The SMILES string of the molecule is CC(Sc1ncnn1C)C(C)C(=O)NN. The summed E-state index contributed by atoms with van der Waals surface area (Å²) >= 11 is 1.50. The van der Waals surface area contributed by atoms with E-state index in [1.165, 1.54) is 18.1 Å². The first-order valence-electron chi connectivity index (χ1n) is 4.57. The monoisotopic (exact) mass is 229 g/mol. The van der Waals surface area contributed by atoms with E-state index in [0.29, 0.717) is 0 Å². The van der Waals surface area contributed by atoms with Crippen molar-refractivity contribution in [2.75, 3.05) is 0 Å². The molecule has 1 aromatic rings. The van der Waals surface area contributed by atoms with Crippen LogP contribution in [0.1, 0.15) is 13.8 Å². The number of hydrogen-bond donors (Lipinski definition) is 2. The minimum absolute atomic E-state index is 0.0939. The molecule has 0 saturated heterocycles. The van der Waals surface area contributed by atoms with Crippen molar-refractivity contribution in [3.63, 3.8) is 0 Å². The van der Waals surface area contributed by atoms with Crippen LogP contribution in [-0.4, -0.2) is 25.9 Å². The van der Waals surface area contributed by atoms with Crippen molar-refractivity contribution in [3.05, 3.63) is 6.33 Å². The molecule has 1 rings (SSSR count). The van der Waals surface area contributed by atoms with Gasteiger partial charge in [-0.05, 0) is 0 Å². The minimum atomic E-state index is -0.170. The van der Waals surface area contributed by atoms with E-state index in [1.807, 2.05) is 20.9 Å². The predicted octanol–water partition coefficient (Wildman–Crippen LogP) is -0.0783. The summed E-state index contributed by atoms with van der Waals surface area (Å²) in [6, 6.07) is 0. The second kappa shape index (κ2) is 5.13. The molecule has 0 radical (unpaired) electrons. The molecule has 1 amide bonds. The van der Waals surface area contributed by atoms with Gasteiger partial charge in [0, 0.05) is 18.2 Å². The lowest BCUT2D eigenvalue weighted by Gasteiger charge is -2.16. The number of nitrogens with two attached hydrogens (primary N) is 1. The van der Waals surface area contributed by atoms with Gasteiger partial charge in [0.1, 0.15) is 6.33 Å². The fourth-order valence-corrected chi connectivity index (χ4v) is 1.97. The molecule has 0 fully saturated rings. The zero-order valence-electron chi connectivity index (χ0n) is 8.97. The van der Waals surface area contributed by atoms with Gasteiger partial charge < -0.3 is 0 Å². The lowest BCUT2D eigenvalue weighted by Crippen LogP contribution is -2.38. The van der Waals surface area contributed by atoms with Gasteiger partial charge in [0.25, 0.3) is 0 Å². The van der Waals surface area contributed by atoms with E-state index in [1.54, 1.807) is 4.68 Å². The van der Waals surface area contributed by atoms with Gasteiger partial charge in [0.05, 0.1) is 0 Å². The average Bonchev–Trinajstić information content (AvgIpc) is 2.62. The van der Waals surface area contributed by atoms with Crippen LogP contribution < -0.4 is 11.3 Å². The van der Waals surface area contributed by atoms with Crippen molar-refractivity contribution in [1.82, 2.24) is 20.2 Å².